The highest BCUT2D eigenvalue weighted by Gasteiger charge is 2.29. The average molecular weight is 305 g/mol. The van der Waals surface area contributed by atoms with Crippen molar-refractivity contribution >= 4 is 17.5 Å². The second-order valence-corrected chi connectivity index (χ2v) is 6.06. The van der Waals surface area contributed by atoms with Gasteiger partial charge in [-0.3, -0.25) is 9.59 Å². The molecule has 120 valence electrons. The van der Waals surface area contributed by atoms with Crippen molar-refractivity contribution in [2.24, 2.45) is 5.73 Å². The lowest BCUT2D eigenvalue weighted by molar-refractivity contribution is -0.124. The molecule has 0 aliphatic carbocycles. The zero-order chi connectivity index (χ0) is 16.3. The first-order chi connectivity index (χ1) is 10.3. The number of carbonyl (C=O) groups is 2. The number of carbonyl (C=O) groups excluding carboxylic acids is 2. The Morgan fingerprint density at radius 2 is 1.95 bits per heavy atom. The average Bonchev–Trinajstić information content (AvgIpc) is 2.48. The standard InChI is InChI=1S/C16H23N3O3/c1-10-13(18-8-9-22-10)14(20)19-12-6-4-11(5-7-12)16(2,3)15(17)21/h4-7,10,13,18H,8-9H2,1-3H3,(H2,17,21)(H,19,20)/t10-,13+/m1/s1. The van der Waals surface area contributed by atoms with Crippen molar-refractivity contribution in [2.75, 3.05) is 18.5 Å². The van der Waals surface area contributed by atoms with Crippen LogP contribution in [-0.4, -0.2) is 37.1 Å². The van der Waals surface area contributed by atoms with Crippen LogP contribution in [0.2, 0.25) is 0 Å². The summed E-state index contributed by atoms with van der Waals surface area (Å²) < 4.78 is 5.46. The van der Waals surface area contributed by atoms with Gasteiger partial charge in [-0.05, 0) is 38.5 Å². The summed E-state index contributed by atoms with van der Waals surface area (Å²) in [6, 6.07) is 6.78. The SMILES string of the molecule is C[C@H]1OCCN[C@@H]1C(=O)Nc1ccc(C(C)(C)C(N)=O)cc1. The highest BCUT2D eigenvalue weighted by molar-refractivity contribution is 5.95. The number of rotatable bonds is 4. The normalized spacial score (nSPS) is 22.1. The smallest absolute Gasteiger partial charge is 0.244 e. The molecule has 2 amide bonds. The number of nitrogens with one attached hydrogen (secondary N) is 2. The van der Waals surface area contributed by atoms with Crippen LogP contribution in [0.3, 0.4) is 0 Å². The summed E-state index contributed by atoms with van der Waals surface area (Å²) in [5.74, 6) is -0.518. The van der Waals surface area contributed by atoms with Crippen molar-refractivity contribution in [3.05, 3.63) is 29.8 Å². The molecule has 0 radical (unpaired) electrons. The first-order valence-electron chi connectivity index (χ1n) is 7.38. The maximum Gasteiger partial charge on any atom is 0.244 e. The van der Waals surface area contributed by atoms with Crippen molar-refractivity contribution in [2.45, 2.75) is 38.3 Å². The Bertz CT molecular complexity index is 554. The molecular weight excluding hydrogens is 282 g/mol. The van der Waals surface area contributed by atoms with E-state index in [0.29, 0.717) is 18.8 Å². The first-order valence-corrected chi connectivity index (χ1v) is 7.38. The largest absolute Gasteiger partial charge is 0.375 e. The van der Waals surface area contributed by atoms with Crippen molar-refractivity contribution in [1.29, 1.82) is 0 Å². The third-order valence-corrected chi connectivity index (χ3v) is 4.09. The summed E-state index contributed by atoms with van der Waals surface area (Å²) >= 11 is 0. The Labute approximate surface area is 130 Å². The van der Waals surface area contributed by atoms with E-state index in [1.165, 1.54) is 0 Å². The summed E-state index contributed by atoms with van der Waals surface area (Å²) in [6.45, 7) is 6.69. The second-order valence-electron chi connectivity index (χ2n) is 6.06. The van der Waals surface area contributed by atoms with E-state index in [4.69, 9.17) is 10.5 Å². The van der Waals surface area contributed by atoms with Gasteiger partial charge in [-0.1, -0.05) is 12.1 Å². The molecule has 1 aliphatic heterocycles. The minimum absolute atomic E-state index is 0.130. The molecule has 2 rings (SSSR count). The molecule has 1 aromatic rings. The molecule has 0 unspecified atom stereocenters. The van der Waals surface area contributed by atoms with Crippen LogP contribution in [0, 0.1) is 0 Å². The van der Waals surface area contributed by atoms with Gasteiger partial charge in [0.15, 0.2) is 0 Å². The summed E-state index contributed by atoms with van der Waals surface area (Å²) in [5, 5.41) is 5.99. The molecular formula is C16H23N3O3. The molecule has 2 atom stereocenters. The van der Waals surface area contributed by atoms with Gasteiger partial charge in [0, 0.05) is 12.2 Å². The van der Waals surface area contributed by atoms with E-state index < -0.39 is 5.41 Å². The van der Waals surface area contributed by atoms with Crippen LogP contribution in [0.25, 0.3) is 0 Å². The van der Waals surface area contributed by atoms with Gasteiger partial charge in [0.25, 0.3) is 0 Å². The number of hydrogen-bond donors (Lipinski definition) is 3. The molecule has 1 aromatic carbocycles. The molecule has 0 bridgehead atoms. The van der Waals surface area contributed by atoms with Crippen molar-refractivity contribution < 1.29 is 14.3 Å². The molecule has 1 aliphatic rings. The number of ether oxygens (including phenoxy) is 1. The minimum Gasteiger partial charge on any atom is -0.375 e. The van der Waals surface area contributed by atoms with Gasteiger partial charge in [0.2, 0.25) is 11.8 Å². The zero-order valence-electron chi connectivity index (χ0n) is 13.2. The number of morpholine rings is 1. The van der Waals surface area contributed by atoms with Crippen molar-refractivity contribution in [1.82, 2.24) is 5.32 Å². The number of amides is 2. The molecule has 0 spiro atoms. The van der Waals surface area contributed by atoms with E-state index in [-0.39, 0.29) is 24.0 Å². The summed E-state index contributed by atoms with van der Waals surface area (Å²) in [7, 11) is 0. The maximum absolute atomic E-state index is 12.2. The molecule has 1 heterocycles. The summed E-state index contributed by atoms with van der Waals surface area (Å²) in [5.41, 5.74) is 6.15. The number of benzene rings is 1. The van der Waals surface area contributed by atoms with Crippen LogP contribution in [-0.2, 0) is 19.7 Å². The molecule has 0 saturated carbocycles. The van der Waals surface area contributed by atoms with Gasteiger partial charge < -0.3 is 21.1 Å². The van der Waals surface area contributed by atoms with Crippen LogP contribution < -0.4 is 16.4 Å². The van der Waals surface area contributed by atoms with E-state index in [9.17, 15) is 9.59 Å². The number of anilines is 1. The Balaban J connectivity index is 2.05. The van der Waals surface area contributed by atoms with E-state index in [1.807, 2.05) is 6.92 Å². The molecule has 22 heavy (non-hydrogen) atoms. The van der Waals surface area contributed by atoms with Crippen molar-refractivity contribution in [3.63, 3.8) is 0 Å². The highest BCUT2D eigenvalue weighted by atomic mass is 16.5. The lowest BCUT2D eigenvalue weighted by atomic mass is 9.84. The van der Waals surface area contributed by atoms with Crippen LogP contribution in [0.5, 0.6) is 0 Å². The summed E-state index contributed by atoms with van der Waals surface area (Å²) in [4.78, 5) is 23.7. The quantitative estimate of drug-likeness (QED) is 0.766. The Hall–Kier alpha value is -1.92. The molecule has 1 fully saturated rings. The lowest BCUT2D eigenvalue weighted by Crippen LogP contribution is -2.53. The topological polar surface area (TPSA) is 93.4 Å². The van der Waals surface area contributed by atoms with Crippen LogP contribution in [0.15, 0.2) is 24.3 Å². The first kappa shape index (κ1) is 16.5. The Morgan fingerprint density at radius 3 is 2.50 bits per heavy atom. The third kappa shape index (κ3) is 3.45. The fourth-order valence-corrected chi connectivity index (χ4v) is 2.36. The molecule has 6 heteroatoms. The molecule has 6 nitrogen and oxygen atoms in total. The monoisotopic (exact) mass is 305 g/mol. The van der Waals surface area contributed by atoms with E-state index in [1.54, 1.807) is 38.1 Å². The van der Waals surface area contributed by atoms with Gasteiger partial charge in [-0.25, -0.2) is 0 Å². The van der Waals surface area contributed by atoms with E-state index in [2.05, 4.69) is 10.6 Å². The Kier molecular flexibility index (Phi) is 4.83. The van der Waals surface area contributed by atoms with E-state index >= 15 is 0 Å². The van der Waals surface area contributed by atoms with Gasteiger partial charge in [-0.15, -0.1) is 0 Å². The number of hydrogen-bond acceptors (Lipinski definition) is 4. The fourth-order valence-electron chi connectivity index (χ4n) is 2.36. The second kappa shape index (κ2) is 6.46. The van der Waals surface area contributed by atoms with Gasteiger partial charge in [0.05, 0.1) is 18.1 Å². The number of primary amides is 1. The molecule has 0 aromatic heterocycles. The van der Waals surface area contributed by atoms with Gasteiger partial charge >= 0.3 is 0 Å². The van der Waals surface area contributed by atoms with Crippen LogP contribution in [0.1, 0.15) is 26.3 Å². The maximum atomic E-state index is 12.2. The minimum atomic E-state index is -0.740. The highest BCUT2D eigenvalue weighted by Crippen LogP contribution is 2.24. The van der Waals surface area contributed by atoms with Crippen LogP contribution >= 0.6 is 0 Å². The van der Waals surface area contributed by atoms with Gasteiger partial charge in [-0.2, -0.15) is 0 Å². The third-order valence-electron chi connectivity index (χ3n) is 4.09. The summed E-state index contributed by atoms with van der Waals surface area (Å²) in [6.07, 6.45) is -0.165. The van der Waals surface area contributed by atoms with Crippen molar-refractivity contribution in [3.8, 4) is 0 Å². The fraction of sp³-hybridized carbons (Fsp3) is 0.500. The van der Waals surface area contributed by atoms with E-state index in [0.717, 1.165) is 5.56 Å². The lowest BCUT2D eigenvalue weighted by Gasteiger charge is -2.29. The van der Waals surface area contributed by atoms with Crippen LogP contribution in [0.4, 0.5) is 5.69 Å². The molecule has 4 N–H and O–H groups in total. The molecule has 1 saturated heterocycles. The van der Waals surface area contributed by atoms with Gasteiger partial charge in [0.1, 0.15) is 6.04 Å². The zero-order valence-corrected chi connectivity index (χ0v) is 13.2. The number of nitrogens with two attached hydrogens (primary N) is 1. The predicted molar refractivity (Wildman–Crippen MR) is 84.5 cm³/mol. The Morgan fingerprint density at radius 1 is 1.32 bits per heavy atom. The predicted octanol–water partition coefficient (Wildman–Crippen LogP) is 0.765.